The lowest BCUT2D eigenvalue weighted by Gasteiger charge is -2.19. The van der Waals surface area contributed by atoms with Gasteiger partial charge in [-0.3, -0.25) is 14.0 Å². The van der Waals surface area contributed by atoms with Gasteiger partial charge in [0.15, 0.2) is 16.5 Å². The van der Waals surface area contributed by atoms with E-state index in [4.69, 9.17) is 14.2 Å². The molecular weight excluding hydrogens is 370 g/mol. The topological polar surface area (TPSA) is 82.4 Å². The van der Waals surface area contributed by atoms with Crippen LogP contribution >= 0.6 is 11.3 Å². The molecule has 0 aliphatic rings. The molecule has 0 unspecified atom stereocenters. The van der Waals surface area contributed by atoms with Crippen LogP contribution in [0, 0.1) is 0 Å². The van der Waals surface area contributed by atoms with Gasteiger partial charge in [-0.1, -0.05) is 0 Å². The summed E-state index contributed by atoms with van der Waals surface area (Å²) in [7, 11) is 6.20. The zero-order valence-electron chi connectivity index (χ0n) is 15.4. The summed E-state index contributed by atoms with van der Waals surface area (Å²) in [5, 5.41) is 1.75. The molecule has 0 aliphatic carbocycles. The fraction of sp³-hybridized carbons (Fsp3) is 0.278. The smallest absolute Gasteiger partial charge is 0.271 e. The van der Waals surface area contributed by atoms with Crippen LogP contribution in [-0.4, -0.2) is 48.6 Å². The highest BCUT2D eigenvalue weighted by molar-refractivity contribution is 7.15. The van der Waals surface area contributed by atoms with Crippen LogP contribution in [0.4, 0.5) is 0 Å². The number of benzene rings is 1. The molecule has 3 aromatic rings. The first-order chi connectivity index (χ1) is 13.0. The number of methoxy groups -OCH3 is 3. The predicted octanol–water partition coefficient (Wildman–Crippen LogP) is 2.05. The van der Waals surface area contributed by atoms with Gasteiger partial charge in [0, 0.05) is 31.4 Å². The second-order valence-electron chi connectivity index (χ2n) is 5.73. The number of thiazole rings is 1. The second kappa shape index (κ2) is 7.67. The van der Waals surface area contributed by atoms with Crippen LogP contribution in [0.2, 0.25) is 0 Å². The fourth-order valence-electron chi connectivity index (χ4n) is 2.75. The van der Waals surface area contributed by atoms with E-state index in [0.29, 0.717) is 22.2 Å². The van der Waals surface area contributed by atoms with Crippen LogP contribution in [0.3, 0.4) is 0 Å². The van der Waals surface area contributed by atoms with Gasteiger partial charge in [-0.05, 0) is 17.7 Å². The van der Waals surface area contributed by atoms with Gasteiger partial charge in [0.05, 0.1) is 21.3 Å². The number of hydrogen-bond donors (Lipinski definition) is 0. The van der Waals surface area contributed by atoms with Crippen molar-refractivity contribution in [3.8, 4) is 17.2 Å². The molecule has 27 heavy (non-hydrogen) atoms. The van der Waals surface area contributed by atoms with E-state index < -0.39 is 5.91 Å². The van der Waals surface area contributed by atoms with E-state index in [9.17, 15) is 9.59 Å². The summed E-state index contributed by atoms with van der Waals surface area (Å²) in [5.41, 5.74) is 0.397. The first-order valence-electron chi connectivity index (χ1n) is 7.99. The Morgan fingerprint density at radius 2 is 1.85 bits per heavy atom. The largest absolute Gasteiger partial charge is 0.493 e. The maximum Gasteiger partial charge on any atom is 0.271 e. The van der Waals surface area contributed by atoms with E-state index in [1.54, 1.807) is 30.8 Å². The van der Waals surface area contributed by atoms with Crippen molar-refractivity contribution in [1.29, 1.82) is 0 Å². The number of carbonyl (C=O) groups is 1. The molecule has 0 spiro atoms. The number of rotatable bonds is 6. The van der Waals surface area contributed by atoms with Crippen molar-refractivity contribution in [3.63, 3.8) is 0 Å². The van der Waals surface area contributed by atoms with Crippen molar-refractivity contribution in [2.45, 2.75) is 6.54 Å². The summed E-state index contributed by atoms with van der Waals surface area (Å²) in [6.07, 6.45) is 2.92. The first kappa shape index (κ1) is 18.7. The summed E-state index contributed by atoms with van der Waals surface area (Å²) < 4.78 is 17.3. The van der Waals surface area contributed by atoms with Crippen LogP contribution in [0.5, 0.6) is 17.2 Å². The Hall–Kier alpha value is -3.07. The molecule has 0 N–H and O–H groups in total. The number of nitrogens with zero attached hydrogens (tertiary/aromatic N) is 3. The number of fused-ring (bicyclic) bond motifs is 1. The van der Waals surface area contributed by atoms with Crippen molar-refractivity contribution in [2.24, 2.45) is 0 Å². The number of hydrogen-bond acceptors (Lipinski definition) is 7. The van der Waals surface area contributed by atoms with Gasteiger partial charge in [0.2, 0.25) is 5.75 Å². The molecule has 0 bridgehead atoms. The Bertz CT molecular complexity index is 1020. The summed E-state index contributed by atoms with van der Waals surface area (Å²) >= 11 is 1.33. The number of ether oxygens (including phenoxy) is 3. The van der Waals surface area contributed by atoms with Gasteiger partial charge in [-0.2, -0.15) is 0 Å². The lowest BCUT2D eigenvalue weighted by molar-refractivity contribution is 0.0782. The maximum absolute atomic E-state index is 12.8. The SMILES string of the molecule is COc1cc(CN(C)C(=O)c2cnc3sccn3c2=O)cc(OC)c1OC. The molecule has 9 heteroatoms. The van der Waals surface area contributed by atoms with E-state index >= 15 is 0 Å². The van der Waals surface area contributed by atoms with Crippen LogP contribution in [0.15, 0.2) is 34.7 Å². The molecule has 0 atom stereocenters. The summed E-state index contributed by atoms with van der Waals surface area (Å²) in [4.78, 5) is 31.4. The summed E-state index contributed by atoms with van der Waals surface area (Å²) in [6, 6.07) is 3.52. The van der Waals surface area contributed by atoms with Crippen LogP contribution in [0.25, 0.3) is 4.96 Å². The van der Waals surface area contributed by atoms with Crippen molar-refractivity contribution in [2.75, 3.05) is 28.4 Å². The molecule has 0 radical (unpaired) electrons. The lowest BCUT2D eigenvalue weighted by Crippen LogP contribution is -2.32. The van der Waals surface area contributed by atoms with E-state index in [1.165, 1.54) is 48.2 Å². The minimum absolute atomic E-state index is 0.0147. The first-order valence-corrected chi connectivity index (χ1v) is 8.87. The van der Waals surface area contributed by atoms with Crippen molar-refractivity contribution >= 4 is 22.2 Å². The molecule has 0 saturated carbocycles. The third-order valence-electron chi connectivity index (χ3n) is 4.06. The molecule has 8 nitrogen and oxygen atoms in total. The Morgan fingerprint density at radius 3 is 2.44 bits per heavy atom. The Morgan fingerprint density at radius 1 is 1.19 bits per heavy atom. The quantitative estimate of drug-likeness (QED) is 0.642. The molecule has 142 valence electrons. The fourth-order valence-corrected chi connectivity index (χ4v) is 3.42. The van der Waals surface area contributed by atoms with E-state index in [2.05, 4.69) is 4.98 Å². The average molecular weight is 389 g/mol. The molecule has 1 amide bonds. The van der Waals surface area contributed by atoms with Crippen molar-refractivity contribution in [1.82, 2.24) is 14.3 Å². The zero-order valence-corrected chi connectivity index (χ0v) is 16.2. The van der Waals surface area contributed by atoms with Gasteiger partial charge < -0.3 is 19.1 Å². The third kappa shape index (κ3) is 3.45. The molecular formula is C18H19N3O5S. The minimum Gasteiger partial charge on any atom is -0.493 e. The number of carbonyl (C=O) groups excluding carboxylic acids is 1. The summed E-state index contributed by atoms with van der Waals surface area (Å²) in [6.45, 7) is 0.251. The van der Waals surface area contributed by atoms with Crippen molar-refractivity contribution in [3.05, 3.63) is 51.4 Å². The summed E-state index contributed by atoms with van der Waals surface area (Å²) in [5.74, 6) is 1.05. The molecule has 0 fully saturated rings. The van der Waals surface area contributed by atoms with Gasteiger partial charge in [-0.15, -0.1) is 11.3 Å². The van der Waals surface area contributed by atoms with Gasteiger partial charge in [-0.25, -0.2) is 4.98 Å². The minimum atomic E-state index is -0.415. The van der Waals surface area contributed by atoms with Gasteiger partial charge >= 0.3 is 0 Å². The van der Waals surface area contributed by atoms with E-state index in [1.807, 2.05) is 0 Å². The van der Waals surface area contributed by atoms with Crippen LogP contribution in [0.1, 0.15) is 15.9 Å². The molecule has 1 aromatic carbocycles. The monoisotopic (exact) mass is 389 g/mol. The molecule has 2 aromatic heterocycles. The maximum atomic E-state index is 12.8. The Balaban J connectivity index is 1.90. The van der Waals surface area contributed by atoms with Crippen LogP contribution in [-0.2, 0) is 6.54 Å². The van der Waals surface area contributed by atoms with E-state index in [0.717, 1.165) is 5.56 Å². The van der Waals surface area contributed by atoms with Crippen LogP contribution < -0.4 is 19.8 Å². The van der Waals surface area contributed by atoms with Crippen molar-refractivity contribution < 1.29 is 19.0 Å². The molecule has 0 saturated heterocycles. The normalized spacial score (nSPS) is 10.7. The highest BCUT2D eigenvalue weighted by Crippen LogP contribution is 2.38. The number of aromatic nitrogens is 2. The van der Waals surface area contributed by atoms with Gasteiger partial charge in [0.25, 0.3) is 11.5 Å². The Kier molecular flexibility index (Phi) is 5.31. The molecule has 3 rings (SSSR count). The molecule has 0 aliphatic heterocycles. The third-order valence-corrected chi connectivity index (χ3v) is 4.83. The predicted molar refractivity (Wildman–Crippen MR) is 101 cm³/mol. The average Bonchev–Trinajstić information content (AvgIpc) is 3.16. The lowest BCUT2D eigenvalue weighted by atomic mass is 10.1. The highest BCUT2D eigenvalue weighted by atomic mass is 32.1. The zero-order chi connectivity index (χ0) is 19.6. The van der Waals surface area contributed by atoms with Gasteiger partial charge in [0.1, 0.15) is 5.56 Å². The number of amides is 1. The second-order valence-corrected chi connectivity index (χ2v) is 6.60. The standard InChI is InChI=1S/C18H19N3O5S/c1-20(10-11-7-13(24-2)15(26-4)14(8-11)25-3)16(22)12-9-19-18-21(17(12)23)5-6-27-18/h5-9H,10H2,1-4H3. The molecule has 2 heterocycles. The Labute approximate surface area is 159 Å². The highest BCUT2D eigenvalue weighted by Gasteiger charge is 2.20. The van der Waals surface area contributed by atoms with E-state index in [-0.39, 0.29) is 17.7 Å².